The number of nitrogens with zero attached hydrogens (tertiary/aromatic N) is 1. The van der Waals surface area contributed by atoms with Crippen molar-refractivity contribution in [3.63, 3.8) is 0 Å². The van der Waals surface area contributed by atoms with Crippen molar-refractivity contribution in [1.29, 1.82) is 5.41 Å². The van der Waals surface area contributed by atoms with Gasteiger partial charge >= 0.3 is 0 Å². The van der Waals surface area contributed by atoms with Crippen molar-refractivity contribution in [1.82, 2.24) is 9.88 Å². The number of hydrogen-bond donors (Lipinski definition) is 4. The van der Waals surface area contributed by atoms with Gasteiger partial charge < -0.3 is 26.1 Å². The maximum Gasteiger partial charge on any atom is 0.268 e. The number of nitrogen functional groups attached to an aromatic ring is 1. The zero-order valence-electron chi connectivity index (χ0n) is 13.5. The Bertz CT molecular complexity index is 994. The van der Waals surface area contributed by atoms with Gasteiger partial charge in [-0.15, -0.1) is 0 Å². The number of aromatic nitrogens is 1. The molecule has 0 fully saturated rings. The van der Waals surface area contributed by atoms with E-state index in [1.807, 2.05) is 6.07 Å². The maximum absolute atomic E-state index is 13.7. The Hall–Kier alpha value is -3.35. The molecule has 0 spiro atoms. The fourth-order valence-electron chi connectivity index (χ4n) is 2.86. The molecule has 0 radical (unpaired) electrons. The molecule has 1 heterocycles. The van der Waals surface area contributed by atoms with Crippen LogP contribution < -0.4 is 11.1 Å². The van der Waals surface area contributed by atoms with Crippen LogP contribution in [0.3, 0.4) is 0 Å². The molecule has 3 aromatic rings. The summed E-state index contributed by atoms with van der Waals surface area (Å²) in [4.78, 5) is 12.6. The Kier molecular flexibility index (Phi) is 4.14. The molecule has 1 aromatic heterocycles. The van der Waals surface area contributed by atoms with Crippen LogP contribution in [-0.4, -0.2) is 21.8 Å². The third kappa shape index (κ3) is 2.91. The summed E-state index contributed by atoms with van der Waals surface area (Å²) in [5, 5.41) is 20.3. The number of fused-ring (bicyclic) bond motifs is 1. The first-order chi connectivity index (χ1) is 11.9. The van der Waals surface area contributed by atoms with E-state index in [0.29, 0.717) is 22.2 Å². The van der Waals surface area contributed by atoms with Crippen LogP contribution in [-0.2, 0) is 13.6 Å². The maximum atomic E-state index is 13.7. The van der Waals surface area contributed by atoms with Gasteiger partial charge in [-0.05, 0) is 23.8 Å². The number of aromatic hydroxyl groups is 1. The van der Waals surface area contributed by atoms with Crippen LogP contribution >= 0.6 is 0 Å². The van der Waals surface area contributed by atoms with Gasteiger partial charge in [-0.1, -0.05) is 12.1 Å². The number of nitrogens with one attached hydrogen (secondary N) is 2. The zero-order valence-corrected chi connectivity index (χ0v) is 13.5. The van der Waals surface area contributed by atoms with Crippen molar-refractivity contribution < 1.29 is 14.3 Å². The van der Waals surface area contributed by atoms with Gasteiger partial charge in [0, 0.05) is 42.5 Å². The van der Waals surface area contributed by atoms with Gasteiger partial charge in [0.25, 0.3) is 5.91 Å². The molecule has 1 amide bonds. The molecule has 25 heavy (non-hydrogen) atoms. The molecule has 2 aromatic carbocycles. The van der Waals surface area contributed by atoms with Crippen molar-refractivity contribution in [3.8, 4) is 5.75 Å². The second-order valence-corrected chi connectivity index (χ2v) is 5.71. The Morgan fingerprint density at radius 1 is 1.40 bits per heavy atom. The van der Waals surface area contributed by atoms with Gasteiger partial charge in [0.05, 0.1) is 5.52 Å². The molecule has 0 unspecified atom stereocenters. The van der Waals surface area contributed by atoms with Gasteiger partial charge in [0.15, 0.2) is 11.6 Å². The molecule has 0 bridgehead atoms. The lowest BCUT2D eigenvalue weighted by Gasteiger charge is -2.08. The number of aryl methyl sites for hydroxylation is 1. The highest BCUT2D eigenvalue weighted by atomic mass is 19.1. The molecule has 0 atom stereocenters. The topological polar surface area (TPSA) is 104 Å². The van der Waals surface area contributed by atoms with Crippen molar-refractivity contribution >= 4 is 28.7 Å². The predicted octanol–water partition coefficient (Wildman–Crippen LogP) is 2.53. The first kappa shape index (κ1) is 16.5. The Morgan fingerprint density at radius 3 is 2.84 bits per heavy atom. The number of carbonyl (C=O) groups excluding carboxylic acids is 1. The van der Waals surface area contributed by atoms with Gasteiger partial charge in [-0.3, -0.25) is 4.79 Å². The number of hydrogen-bond acceptors (Lipinski definition) is 4. The summed E-state index contributed by atoms with van der Waals surface area (Å²) in [5.41, 5.74) is 8.14. The summed E-state index contributed by atoms with van der Waals surface area (Å²) in [5.74, 6) is -1.70. The van der Waals surface area contributed by atoms with Crippen LogP contribution in [0.4, 0.5) is 10.1 Å². The SMILES string of the molecule is Cn1c(C(=O)NCc2cccc(N)c2)c(C=N)c2cc(F)c(O)cc21. The van der Waals surface area contributed by atoms with Gasteiger partial charge in [-0.25, -0.2) is 4.39 Å². The number of halogens is 1. The second kappa shape index (κ2) is 6.27. The molecule has 0 saturated carbocycles. The van der Waals surface area contributed by atoms with Crippen molar-refractivity contribution in [2.75, 3.05) is 5.73 Å². The lowest BCUT2D eigenvalue weighted by molar-refractivity contribution is 0.0943. The standard InChI is InChI=1S/C18H17FN4O2/c1-23-15-7-16(24)14(19)6-12(15)13(8-20)17(23)18(25)22-9-10-3-2-4-11(21)5-10/h2-8,20,24H,9,21H2,1H3,(H,22,25). The van der Waals surface area contributed by atoms with Crippen LogP contribution in [0.2, 0.25) is 0 Å². The Balaban J connectivity index is 1.98. The highest BCUT2D eigenvalue weighted by Crippen LogP contribution is 2.29. The van der Waals surface area contributed by atoms with Gasteiger partial charge in [0.1, 0.15) is 5.69 Å². The van der Waals surface area contributed by atoms with E-state index in [0.717, 1.165) is 17.8 Å². The molecule has 6 nitrogen and oxygen atoms in total. The number of phenolic OH excluding ortho intramolecular Hbond substituents is 1. The summed E-state index contributed by atoms with van der Waals surface area (Å²) >= 11 is 0. The molecule has 7 heteroatoms. The number of benzene rings is 2. The lowest BCUT2D eigenvalue weighted by atomic mass is 10.1. The number of phenols is 1. The van der Waals surface area contributed by atoms with Gasteiger partial charge in [0.2, 0.25) is 0 Å². The normalized spacial score (nSPS) is 10.8. The smallest absolute Gasteiger partial charge is 0.268 e. The summed E-state index contributed by atoms with van der Waals surface area (Å²) in [6.45, 7) is 0.266. The van der Waals surface area contributed by atoms with Crippen LogP contribution in [0.25, 0.3) is 10.9 Å². The highest BCUT2D eigenvalue weighted by Gasteiger charge is 2.21. The predicted molar refractivity (Wildman–Crippen MR) is 94.5 cm³/mol. The average molecular weight is 340 g/mol. The zero-order chi connectivity index (χ0) is 18.1. The summed E-state index contributed by atoms with van der Waals surface area (Å²) in [7, 11) is 1.63. The molecule has 128 valence electrons. The monoisotopic (exact) mass is 340 g/mol. The largest absolute Gasteiger partial charge is 0.505 e. The first-order valence-electron chi connectivity index (χ1n) is 7.56. The molecule has 0 aliphatic carbocycles. The van der Waals surface area contributed by atoms with E-state index in [9.17, 15) is 14.3 Å². The van der Waals surface area contributed by atoms with E-state index in [2.05, 4.69) is 5.32 Å². The van der Waals surface area contributed by atoms with E-state index < -0.39 is 17.5 Å². The van der Waals surface area contributed by atoms with Crippen LogP contribution in [0, 0.1) is 11.2 Å². The minimum Gasteiger partial charge on any atom is -0.505 e. The minimum absolute atomic E-state index is 0.221. The number of anilines is 1. The Labute approximate surface area is 143 Å². The average Bonchev–Trinajstić information content (AvgIpc) is 2.85. The highest BCUT2D eigenvalue weighted by molar-refractivity contribution is 6.10. The molecular formula is C18H17FN4O2. The van der Waals surface area contributed by atoms with Crippen molar-refractivity contribution in [3.05, 3.63) is 59.0 Å². The van der Waals surface area contributed by atoms with E-state index >= 15 is 0 Å². The third-order valence-electron chi connectivity index (χ3n) is 4.07. The van der Waals surface area contributed by atoms with Crippen LogP contribution in [0.15, 0.2) is 36.4 Å². The molecule has 0 aliphatic rings. The summed E-state index contributed by atoms with van der Waals surface area (Å²) < 4.78 is 15.2. The van der Waals surface area contributed by atoms with E-state index in [1.54, 1.807) is 25.2 Å². The Morgan fingerprint density at radius 2 is 2.16 bits per heavy atom. The molecular weight excluding hydrogens is 323 g/mol. The first-order valence-corrected chi connectivity index (χ1v) is 7.56. The lowest BCUT2D eigenvalue weighted by Crippen LogP contribution is -2.26. The molecule has 0 saturated heterocycles. The van der Waals surface area contributed by atoms with Gasteiger partial charge in [-0.2, -0.15) is 0 Å². The number of carbonyl (C=O) groups is 1. The minimum atomic E-state index is -0.798. The van der Waals surface area contributed by atoms with Crippen molar-refractivity contribution in [2.45, 2.75) is 6.54 Å². The molecule has 0 aliphatic heterocycles. The third-order valence-corrected chi connectivity index (χ3v) is 4.07. The fraction of sp³-hybridized carbons (Fsp3) is 0.111. The van der Waals surface area contributed by atoms with E-state index in [4.69, 9.17) is 11.1 Å². The van der Waals surface area contributed by atoms with E-state index in [1.165, 1.54) is 10.6 Å². The summed E-state index contributed by atoms with van der Waals surface area (Å²) in [6, 6.07) is 9.51. The molecule has 3 rings (SSSR count). The molecule has 5 N–H and O–H groups in total. The number of nitrogens with two attached hydrogens (primary N) is 1. The van der Waals surface area contributed by atoms with E-state index in [-0.39, 0.29) is 12.2 Å². The number of rotatable bonds is 4. The number of amides is 1. The summed E-state index contributed by atoms with van der Waals surface area (Å²) in [6.07, 6.45) is 1.01. The quantitative estimate of drug-likeness (QED) is 0.433. The van der Waals surface area contributed by atoms with Crippen molar-refractivity contribution in [2.24, 2.45) is 7.05 Å². The van der Waals surface area contributed by atoms with Crippen LogP contribution in [0.1, 0.15) is 21.6 Å². The fourth-order valence-corrected chi connectivity index (χ4v) is 2.86. The second-order valence-electron chi connectivity index (χ2n) is 5.71. The van der Waals surface area contributed by atoms with Crippen LogP contribution in [0.5, 0.6) is 5.75 Å².